The number of hydrogen-bond acceptors (Lipinski definition) is 4. The number of Topliss-reactive ketones (excluding diaryl/α,β-unsaturated/α-hetero) is 1. The second-order valence-corrected chi connectivity index (χ2v) is 5.66. The Morgan fingerprint density at radius 2 is 2.17 bits per heavy atom. The quantitative estimate of drug-likeness (QED) is 0.611. The number of rotatable bonds is 2. The minimum Gasteiger partial charge on any atom is -0.462 e. The molecule has 0 saturated carbocycles. The van der Waals surface area contributed by atoms with E-state index in [-0.39, 0.29) is 18.0 Å². The second kappa shape index (κ2) is 5.19. The van der Waals surface area contributed by atoms with Crippen molar-refractivity contribution in [1.29, 1.82) is 0 Å². The fourth-order valence-electron chi connectivity index (χ4n) is 3.42. The zero-order chi connectivity index (χ0) is 16.0. The standard InChI is InChI=1S/C18H16N2O3/c1-2-23-18(22)16-11-6-8-13-17(12(11)7-9-14(16)21)20-10-4-3-5-15(20)19-13/h3-5,8,10H,2,6-7,9H2,1H3. The monoisotopic (exact) mass is 308 g/mol. The summed E-state index contributed by atoms with van der Waals surface area (Å²) in [6, 6.07) is 5.85. The van der Waals surface area contributed by atoms with Crippen molar-refractivity contribution in [3.63, 3.8) is 0 Å². The zero-order valence-corrected chi connectivity index (χ0v) is 12.8. The van der Waals surface area contributed by atoms with Crippen LogP contribution < -0.4 is 10.7 Å². The molecule has 0 bridgehead atoms. The predicted molar refractivity (Wildman–Crippen MR) is 84.8 cm³/mol. The summed E-state index contributed by atoms with van der Waals surface area (Å²) in [7, 11) is 0. The summed E-state index contributed by atoms with van der Waals surface area (Å²) in [4.78, 5) is 29.1. The van der Waals surface area contributed by atoms with Crippen molar-refractivity contribution in [1.82, 2.24) is 9.38 Å². The van der Waals surface area contributed by atoms with E-state index in [1.807, 2.05) is 34.9 Å². The van der Waals surface area contributed by atoms with Crippen molar-refractivity contribution >= 4 is 29.0 Å². The molecule has 0 amide bonds. The highest BCUT2D eigenvalue weighted by Crippen LogP contribution is 2.32. The molecule has 0 radical (unpaired) electrons. The van der Waals surface area contributed by atoms with Crippen molar-refractivity contribution < 1.29 is 14.3 Å². The third kappa shape index (κ3) is 2.04. The van der Waals surface area contributed by atoms with Crippen LogP contribution in [0.3, 0.4) is 0 Å². The van der Waals surface area contributed by atoms with Crippen LogP contribution in [0, 0.1) is 0 Å². The van der Waals surface area contributed by atoms with Crippen LogP contribution in [0.25, 0.3) is 17.3 Å². The lowest BCUT2D eigenvalue weighted by Gasteiger charge is -2.22. The van der Waals surface area contributed by atoms with Gasteiger partial charge in [0.25, 0.3) is 0 Å². The van der Waals surface area contributed by atoms with Crippen molar-refractivity contribution in [2.24, 2.45) is 0 Å². The van der Waals surface area contributed by atoms with E-state index in [2.05, 4.69) is 4.98 Å². The van der Waals surface area contributed by atoms with E-state index in [0.717, 1.165) is 27.5 Å². The van der Waals surface area contributed by atoms with E-state index in [0.29, 0.717) is 19.3 Å². The molecule has 2 heterocycles. The van der Waals surface area contributed by atoms with Gasteiger partial charge in [-0.25, -0.2) is 9.78 Å². The Kier molecular flexibility index (Phi) is 3.15. The maximum atomic E-state index is 12.3. The lowest BCUT2D eigenvalue weighted by atomic mass is 9.82. The van der Waals surface area contributed by atoms with Gasteiger partial charge in [-0.1, -0.05) is 12.1 Å². The summed E-state index contributed by atoms with van der Waals surface area (Å²) >= 11 is 0. The molecule has 0 unspecified atom stereocenters. The van der Waals surface area contributed by atoms with Gasteiger partial charge in [-0.15, -0.1) is 0 Å². The number of fused-ring (bicyclic) bond motifs is 4. The Hall–Kier alpha value is -2.69. The van der Waals surface area contributed by atoms with E-state index in [9.17, 15) is 9.59 Å². The van der Waals surface area contributed by atoms with Gasteiger partial charge in [0.1, 0.15) is 11.2 Å². The Bertz CT molecular complexity index is 995. The van der Waals surface area contributed by atoms with E-state index >= 15 is 0 Å². The number of imidazole rings is 1. The molecule has 0 N–H and O–H groups in total. The van der Waals surface area contributed by atoms with Gasteiger partial charge in [-0.05, 0) is 43.0 Å². The zero-order valence-electron chi connectivity index (χ0n) is 12.8. The van der Waals surface area contributed by atoms with Crippen molar-refractivity contribution in [3.05, 3.63) is 46.2 Å². The largest absolute Gasteiger partial charge is 0.462 e. The number of nitrogens with zero attached hydrogens (tertiary/aromatic N) is 2. The number of aromatic nitrogens is 2. The number of esters is 1. The second-order valence-electron chi connectivity index (χ2n) is 5.66. The van der Waals surface area contributed by atoms with E-state index in [4.69, 9.17) is 4.74 Å². The minimum absolute atomic E-state index is 0.118. The fourth-order valence-corrected chi connectivity index (χ4v) is 3.42. The van der Waals surface area contributed by atoms with E-state index in [1.54, 1.807) is 6.92 Å². The van der Waals surface area contributed by atoms with Crippen LogP contribution in [0.2, 0.25) is 0 Å². The van der Waals surface area contributed by atoms with Crippen LogP contribution >= 0.6 is 0 Å². The normalized spacial score (nSPS) is 16.9. The SMILES string of the molecule is CCOC(=O)C1=C2CC=c3nc4ccccn4c3=C2CCC1=O. The van der Waals surface area contributed by atoms with Crippen molar-refractivity contribution in [2.75, 3.05) is 6.61 Å². The molecule has 2 aliphatic carbocycles. The number of carbonyl (C=O) groups is 2. The van der Waals surface area contributed by atoms with Gasteiger partial charge in [0.2, 0.25) is 0 Å². The van der Waals surface area contributed by atoms with E-state index < -0.39 is 5.97 Å². The van der Waals surface area contributed by atoms with Gasteiger partial charge >= 0.3 is 5.97 Å². The molecule has 0 spiro atoms. The molecule has 5 nitrogen and oxygen atoms in total. The molecule has 2 aromatic heterocycles. The van der Waals surface area contributed by atoms with Gasteiger partial charge in [-0.3, -0.25) is 9.20 Å². The summed E-state index contributed by atoms with van der Waals surface area (Å²) in [5.74, 6) is -0.622. The number of pyridine rings is 1. The Balaban J connectivity index is 2.06. The van der Waals surface area contributed by atoms with Gasteiger partial charge in [0.15, 0.2) is 5.78 Å². The van der Waals surface area contributed by atoms with Gasteiger partial charge in [0.05, 0.1) is 17.3 Å². The number of carbonyl (C=O) groups excluding carboxylic acids is 2. The van der Waals surface area contributed by atoms with Gasteiger partial charge < -0.3 is 4.74 Å². The first kappa shape index (κ1) is 13.9. The average Bonchev–Trinajstić information content (AvgIpc) is 2.93. The molecular formula is C18H16N2O3. The molecule has 2 aliphatic rings. The van der Waals surface area contributed by atoms with Crippen LogP contribution in [-0.2, 0) is 14.3 Å². The molecule has 0 atom stereocenters. The predicted octanol–water partition coefficient (Wildman–Crippen LogP) is 0.892. The maximum absolute atomic E-state index is 12.3. The first-order chi connectivity index (χ1) is 11.2. The molecule has 0 saturated heterocycles. The molecule has 0 aromatic carbocycles. The highest BCUT2D eigenvalue weighted by molar-refractivity contribution is 6.21. The summed E-state index contributed by atoms with van der Waals surface area (Å²) in [6.07, 6.45) is 5.48. The van der Waals surface area contributed by atoms with Crippen LogP contribution in [-0.4, -0.2) is 27.7 Å². The Morgan fingerprint density at radius 1 is 1.30 bits per heavy atom. The Morgan fingerprint density at radius 3 is 3.00 bits per heavy atom. The van der Waals surface area contributed by atoms with Crippen LogP contribution in [0.4, 0.5) is 0 Å². The third-order valence-corrected chi connectivity index (χ3v) is 4.37. The van der Waals surface area contributed by atoms with Gasteiger partial charge in [0, 0.05) is 12.6 Å². The van der Waals surface area contributed by atoms with Crippen LogP contribution in [0.5, 0.6) is 0 Å². The molecule has 23 heavy (non-hydrogen) atoms. The highest BCUT2D eigenvalue weighted by Gasteiger charge is 2.31. The van der Waals surface area contributed by atoms with Crippen molar-refractivity contribution in [2.45, 2.75) is 26.2 Å². The summed E-state index contributed by atoms with van der Waals surface area (Å²) in [5, 5.41) is 1.92. The number of allylic oxidation sites excluding steroid dienone is 1. The molecule has 0 aliphatic heterocycles. The fraction of sp³-hybridized carbons (Fsp3) is 0.278. The minimum atomic E-state index is -0.504. The Labute approximate surface area is 132 Å². The lowest BCUT2D eigenvalue weighted by Crippen LogP contribution is -2.36. The van der Waals surface area contributed by atoms with Gasteiger partial charge in [-0.2, -0.15) is 0 Å². The molecule has 116 valence electrons. The molecule has 5 heteroatoms. The summed E-state index contributed by atoms with van der Waals surface area (Å²) in [6.45, 7) is 2.01. The first-order valence-corrected chi connectivity index (χ1v) is 7.81. The molecule has 0 fully saturated rings. The average molecular weight is 308 g/mol. The van der Waals surface area contributed by atoms with Crippen LogP contribution in [0.1, 0.15) is 26.2 Å². The summed E-state index contributed by atoms with van der Waals surface area (Å²) in [5.41, 5.74) is 2.94. The maximum Gasteiger partial charge on any atom is 0.342 e. The van der Waals surface area contributed by atoms with E-state index in [1.165, 1.54) is 0 Å². The summed E-state index contributed by atoms with van der Waals surface area (Å²) < 4.78 is 7.12. The molecule has 4 rings (SSSR count). The highest BCUT2D eigenvalue weighted by atomic mass is 16.5. The third-order valence-electron chi connectivity index (χ3n) is 4.37. The number of ether oxygens (including phenoxy) is 1. The lowest BCUT2D eigenvalue weighted by molar-refractivity contribution is -0.140. The van der Waals surface area contributed by atoms with Crippen LogP contribution in [0.15, 0.2) is 35.5 Å². The first-order valence-electron chi connectivity index (χ1n) is 7.81. The topological polar surface area (TPSA) is 60.7 Å². The molecular weight excluding hydrogens is 292 g/mol. The van der Waals surface area contributed by atoms with Crippen molar-refractivity contribution in [3.8, 4) is 0 Å². The number of ketones is 1. The smallest absolute Gasteiger partial charge is 0.342 e. The number of hydrogen-bond donors (Lipinski definition) is 0. The molecule has 2 aromatic rings.